The van der Waals surface area contributed by atoms with Crippen LogP contribution in [0.3, 0.4) is 0 Å². The maximum Gasteiger partial charge on any atom is 0.261 e. The largest absolute Gasteiger partial charge is 0.392 e. The zero-order valence-electron chi connectivity index (χ0n) is 10.8. The zero-order valence-corrected chi connectivity index (χ0v) is 13.2. The van der Waals surface area contributed by atoms with E-state index in [0.29, 0.717) is 11.3 Å². The molecule has 0 aliphatic carbocycles. The number of sulfonamides is 1. The highest BCUT2D eigenvalue weighted by Gasteiger charge is 2.15. The summed E-state index contributed by atoms with van der Waals surface area (Å²) in [5.41, 5.74) is 2.04. The summed E-state index contributed by atoms with van der Waals surface area (Å²) < 4.78 is 27.9. The van der Waals surface area contributed by atoms with Crippen LogP contribution in [0.15, 0.2) is 51.8 Å². The van der Waals surface area contributed by atoms with Gasteiger partial charge in [-0.15, -0.1) is 0 Å². The molecule has 0 amide bonds. The minimum Gasteiger partial charge on any atom is -0.392 e. The number of anilines is 1. The van der Waals surface area contributed by atoms with Crippen LogP contribution in [-0.4, -0.2) is 13.5 Å². The quantitative estimate of drug-likeness (QED) is 0.885. The predicted octanol–water partition coefficient (Wildman–Crippen LogP) is 3.05. The second kappa shape index (κ2) is 5.95. The van der Waals surface area contributed by atoms with Gasteiger partial charge in [0.15, 0.2) is 0 Å². The third kappa shape index (κ3) is 3.39. The smallest absolute Gasteiger partial charge is 0.261 e. The molecule has 0 atom stereocenters. The highest BCUT2D eigenvalue weighted by molar-refractivity contribution is 9.10. The molecule has 0 bridgehead atoms. The summed E-state index contributed by atoms with van der Waals surface area (Å²) in [6.07, 6.45) is 0. The van der Waals surface area contributed by atoms with E-state index in [9.17, 15) is 8.42 Å². The van der Waals surface area contributed by atoms with Crippen LogP contribution in [0.5, 0.6) is 0 Å². The van der Waals surface area contributed by atoms with E-state index in [1.54, 1.807) is 18.2 Å². The Hall–Kier alpha value is -1.37. The van der Waals surface area contributed by atoms with E-state index < -0.39 is 10.0 Å². The van der Waals surface area contributed by atoms with Crippen LogP contribution in [0, 0.1) is 6.92 Å². The van der Waals surface area contributed by atoms with Gasteiger partial charge in [0.05, 0.1) is 17.2 Å². The molecule has 0 saturated carbocycles. The van der Waals surface area contributed by atoms with Crippen LogP contribution in [0.1, 0.15) is 11.1 Å². The van der Waals surface area contributed by atoms with Crippen LogP contribution in [-0.2, 0) is 16.6 Å². The monoisotopic (exact) mass is 355 g/mol. The Labute approximate surface area is 126 Å². The van der Waals surface area contributed by atoms with E-state index in [0.717, 1.165) is 10.0 Å². The molecule has 0 aliphatic rings. The number of aliphatic hydroxyl groups is 1. The number of nitrogens with one attached hydrogen (secondary N) is 1. The lowest BCUT2D eigenvalue weighted by molar-refractivity contribution is 0.282. The number of halogens is 1. The van der Waals surface area contributed by atoms with Crippen molar-refractivity contribution in [2.75, 3.05) is 4.72 Å². The molecule has 0 unspecified atom stereocenters. The fourth-order valence-electron chi connectivity index (χ4n) is 1.68. The van der Waals surface area contributed by atoms with Crippen molar-refractivity contribution in [2.45, 2.75) is 18.4 Å². The molecule has 2 N–H and O–H groups in total. The van der Waals surface area contributed by atoms with Gasteiger partial charge in [-0.25, -0.2) is 8.42 Å². The number of aliphatic hydroxyl groups excluding tert-OH is 1. The minimum absolute atomic E-state index is 0.113. The first-order valence-corrected chi connectivity index (χ1v) is 8.19. The summed E-state index contributed by atoms with van der Waals surface area (Å²) >= 11 is 3.32. The molecule has 2 aromatic rings. The van der Waals surface area contributed by atoms with E-state index in [2.05, 4.69) is 20.7 Å². The molecule has 0 heterocycles. The maximum atomic E-state index is 12.3. The maximum absolute atomic E-state index is 12.3. The Kier molecular flexibility index (Phi) is 4.47. The van der Waals surface area contributed by atoms with Gasteiger partial charge >= 0.3 is 0 Å². The van der Waals surface area contributed by atoms with Crippen molar-refractivity contribution in [1.29, 1.82) is 0 Å². The Morgan fingerprint density at radius 1 is 1.15 bits per heavy atom. The van der Waals surface area contributed by atoms with E-state index >= 15 is 0 Å². The Morgan fingerprint density at radius 3 is 2.40 bits per heavy atom. The molecular weight excluding hydrogens is 342 g/mol. The summed E-state index contributed by atoms with van der Waals surface area (Å²) in [6.45, 7) is 1.72. The first-order chi connectivity index (χ1) is 9.42. The standard InChI is InChI=1S/C14H14BrNO3S/c1-10-2-5-12(15)8-14(10)16-20(18,19)13-6-3-11(9-17)4-7-13/h2-8,16-17H,9H2,1H3. The summed E-state index contributed by atoms with van der Waals surface area (Å²) in [6, 6.07) is 11.5. The molecule has 2 rings (SSSR count). The number of rotatable bonds is 4. The van der Waals surface area contributed by atoms with Gasteiger partial charge in [-0.1, -0.05) is 34.1 Å². The van der Waals surface area contributed by atoms with Gasteiger partial charge in [-0.05, 0) is 42.3 Å². The molecule has 0 aliphatic heterocycles. The van der Waals surface area contributed by atoms with Gasteiger partial charge < -0.3 is 5.11 Å². The van der Waals surface area contributed by atoms with Crippen molar-refractivity contribution in [3.63, 3.8) is 0 Å². The first kappa shape index (κ1) is 15.0. The highest BCUT2D eigenvalue weighted by Crippen LogP contribution is 2.23. The number of hydrogen-bond donors (Lipinski definition) is 2. The lowest BCUT2D eigenvalue weighted by atomic mass is 10.2. The Morgan fingerprint density at radius 2 is 1.80 bits per heavy atom. The predicted molar refractivity (Wildman–Crippen MR) is 82.1 cm³/mol. The van der Waals surface area contributed by atoms with E-state index in [1.807, 2.05) is 19.1 Å². The molecule has 0 aromatic heterocycles. The topological polar surface area (TPSA) is 66.4 Å². The number of hydrogen-bond acceptors (Lipinski definition) is 3. The molecule has 6 heteroatoms. The van der Waals surface area contributed by atoms with Crippen molar-refractivity contribution >= 4 is 31.6 Å². The second-order valence-electron chi connectivity index (χ2n) is 4.37. The number of aryl methyl sites for hydroxylation is 1. The summed E-state index contributed by atoms with van der Waals surface area (Å²) in [5.74, 6) is 0. The van der Waals surface area contributed by atoms with Gasteiger partial charge in [-0.2, -0.15) is 0 Å². The van der Waals surface area contributed by atoms with Gasteiger partial charge in [0.25, 0.3) is 10.0 Å². The van der Waals surface area contributed by atoms with Gasteiger partial charge in [-0.3, -0.25) is 4.72 Å². The minimum atomic E-state index is -3.63. The third-order valence-electron chi connectivity index (χ3n) is 2.86. The van der Waals surface area contributed by atoms with E-state index in [1.165, 1.54) is 12.1 Å². The molecule has 0 spiro atoms. The van der Waals surface area contributed by atoms with Crippen LogP contribution in [0.4, 0.5) is 5.69 Å². The van der Waals surface area contributed by atoms with E-state index in [-0.39, 0.29) is 11.5 Å². The molecule has 0 saturated heterocycles. The lowest BCUT2D eigenvalue weighted by Crippen LogP contribution is -2.13. The van der Waals surface area contributed by atoms with Gasteiger partial charge in [0, 0.05) is 4.47 Å². The van der Waals surface area contributed by atoms with Gasteiger partial charge in [0.1, 0.15) is 0 Å². The third-order valence-corrected chi connectivity index (χ3v) is 4.73. The fraction of sp³-hybridized carbons (Fsp3) is 0.143. The van der Waals surface area contributed by atoms with Crippen molar-refractivity contribution < 1.29 is 13.5 Å². The molecule has 4 nitrogen and oxygen atoms in total. The Balaban J connectivity index is 2.32. The Bertz CT molecular complexity index is 712. The van der Waals surface area contributed by atoms with Crippen molar-refractivity contribution in [3.05, 3.63) is 58.1 Å². The van der Waals surface area contributed by atoms with Gasteiger partial charge in [0.2, 0.25) is 0 Å². The first-order valence-electron chi connectivity index (χ1n) is 5.91. The molecule has 2 aromatic carbocycles. The normalized spacial score (nSPS) is 11.3. The highest BCUT2D eigenvalue weighted by atomic mass is 79.9. The van der Waals surface area contributed by atoms with Crippen LogP contribution < -0.4 is 4.72 Å². The summed E-state index contributed by atoms with van der Waals surface area (Å²) in [7, 11) is -3.63. The lowest BCUT2D eigenvalue weighted by Gasteiger charge is -2.11. The van der Waals surface area contributed by atoms with Crippen LogP contribution in [0.25, 0.3) is 0 Å². The molecule has 20 heavy (non-hydrogen) atoms. The SMILES string of the molecule is Cc1ccc(Br)cc1NS(=O)(=O)c1ccc(CO)cc1. The summed E-state index contributed by atoms with van der Waals surface area (Å²) in [4.78, 5) is 0.161. The summed E-state index contributed by atoms with van der Waals surface area (Å²) in [5, 5.41) is 8.96. The van der Waals surface area contributed by atoms with E-state index in [4.69, 9.17) is 5.11 Å². The average molecular weight is 356 g/mol. The number of benzene rings is 2. The molecule has 0 fully saturated rings. The second-order valence-corrected chi connectivity index (χ2v) is 6.96. The van der Waals surface area contributed by atoms with Crippen molar-refractivity contribution in [1.82, 2.24) is 0 Å². The zero-order chi connectivity index (χ0) is 14.8. The van der Waals surface area contributed by atoms with Crippen LogP contribution in [0.2, 0.25) is 0 Å². The molecule has 0 radical (unpaired) electrons. The molecule has 106 valence electrons. The average Bonchev–Trinajstić information content (AvgIpc) is 2.43. The van der Waals surface area contributed by atoms with Crippen molar-refractivity contribution in [2.24, 2.45) is 0 Å². The van der Waals surface area contributed by atoms with Crippen LogP contribution >= 0.6 is 15.9 Å². The van der Waals surface area contributed by atoms with Crippen molar-refractivity contribution in [3.8, 4) is 0 Å². The fourth-order valence-corrected chi connectivity index (χ4v) is 3.16. The molecular formula is C14H14BrNO3S.